The van der Waals surface area contributed by atoms with Crippen molar-refractivity contribution in [3.8, 4) is 0 Å². The lowest BCUT2D eigenvalue weighted by molar-refractivity contribution is 0.0950. The number of ether oxygens (including phenoxy) is 1. The number of halogens is 1. The molecule has 0 unspecified atom stereocenters. The number of hydrogen-bond acceptors (Lipinski definition) is 3. The number of benzene rings is 1. The van der Waals surface area contributed by atoms with E-state index >= 15 is 0 Å². The van der Waals surface area contributed by atoms with Crippen molar-refractivity contribution in [2.24, 2.45) is 0 Å². The van der Waals surface area contributed by atoms with Gasteiger partial charge in [-0.05, 0) is 24.3 Å². The lowest BCUT2D eigenvalue weighted by atomic mass is 10.3. The molecule has 0 bridgehead atoms. The van der Waals surface area contributed by atoms with Crippen LogP contribution in [0.3, 0.4) is 0 Å². The summed E-state index contributed by atoms with van der Waals surface area (Å²) < 4.78 is 17.5. The standard InChI is InChI=1S/C11H15FN2O3/c12-9-1-3-10(4-2-9)14-11(16)13-5-7-17-8-6-15/h1-4,15H,5-8H2,(H2,13,14,16). The highest BCUT2D eigenvalue weighted by molar-refractivity contribution is 5.89. The topological polar surface area (TPSA) is 70.6 Å². The van der Waals surface area contributed by atoms with Crippen LogP contribution in [0.15, 0.2) is 24.3 Å². The van der Waals surface area contributed by atoms with Crippen molar-refractivity contribution in [1.29, 1.82) is 0 Å². The van der Waals surface area contributed by atoms with E-state index in [9.17, 15) is 9.18 Å². The summed E-state index contributed by atoms with van der Waals surface area (Å²) in [6.45, 7) is 0.882. The van der Waals surface area contributed by atoms with E-state index in [1.807, 2.05) is 0 Å². The van der Waals surface area contributed by atoms with Gasteiger partial charge in [0.15, 0.2) is 0 Å². The molecule has 0 aliphatic carbocycles. The summed E-state index contributed by atoms with van der Waals surface area (Å²) in [7, 11) is 0. The highest BCUT2D eigenvalue weighted by Gasteiger charge is 2.00. The van der Waals surface area contributed by atoms with Gasteiger partial charge in [-0.2, -0.15) is 0 Å². The van der Waals surface area contributed by atoms with Crippen LogP contribution in [0.4, 0.5) is 14.9 Å². The number of aliphatic hydroxyl groups is 1. The molecular weight excluding hydrogens is 227 g/mol. The fourth-order valence-electron chi connectivity index (χ4n) is 1.11. The van der Waals surface area contributed by atoms with Crippen LogP contribution in [0, 0.1) is 5.82 Å². The largest absolute Gasteiger partial charge is 0.394 e. The molecule has 5 nitrogen and oxygen atoms in total. The van der Waals surface area contributed by atoms with Gasteiger partial charge in [-0.15, -0.1) is 0 Å². The molecule has 0 aliphatic heterocycles. The number of carbonyl (C=O) groups is 1. The lowest BCUT2D eigenvalue weighted by Gasteiger charge is -2.07. The highest BCUT2D eigenvalue weighted by atomic mass is 19.1. The number of rotatable bonds is 6. The predicted octanol–water partition coefficient (Wildman–Crippen LogP) is 0.956. The quantitative estimate of drug-likeness (QED) is 0.651. The van der Waals surface area contributed by atoms with Crippen LogP contribution in [0.5, 0.6) is 0 Å². The average Bonchev–Trinajstić information content (AvgIpc) is 2.32. The molecule has 1 aromatic rings. The summed E-state index contributed by atoms with van der Waals surface area (Å²) in [5.74, 6) is -0.353. The Balaban J connectivity index is 2.18. The molecule has 0 saturated carbocycles. The second kappa shape index (κ2) is 7.59. The predicted molar refractivity (Wildman–Crippen MR) is 61.3 cm³/mol. The first-order valence-corrected chi connectivity index (χ1v) is 5.21. The third kappa shape index (κ3) is 5.84. The van der Waals surface area contributed by atoms with E-state index in [-0.39, 0.29) is 25.1 Å². The highest BCUT2D eigenvalue weighted by Crippen LogP contribution is 2.07. The van der Waals surface area contributed by atoms with Crippen LogP contribution >= 0.6 is 0 Å². The lowest BCUT2D eigenvalue weighted by Crippen LogP contribution is -2.31. The van der Waals surface area contributed by atoms with Gasteiger partial charge in [0.2, 0.25) is 0 Å². The van der Waals surface area contributed by atoms with Gasteiger partial charge in [0.25, 0.3) is 0 Å². The number of aliphatic hydroxyl groups excluding tert-OH is 1. The van der Waals surface area contributed by atoms with Crippen molar-refractivity contribution in [3.63, 3.8) is 0 Å². The van der Waals surface area contributed by atoms with Crippen LogP contribution in [-0.2, 0) is 4.74 Å². The second-order valence-corrected chi connectivity index (χ2v) is 3.22. The van der Waals surface area contributed by atoms with Crippen molar-refractivity contribution in [1.82, 2.24) is 5.32 Å². The molecule has 1 rings (SSSR count). The zero-order valence-corrected chi connectivity index (χ0v) is 9.28. The Morgan fingerprint density at radius 1 is 1.29 bits per heavy atom. The first-order chi connectivity index (χ1) is 8.22. The molecule has 0 aromatic heterocycles. The van der Waals surface area contributed by atoms with Crippen LogP contribution in [0.1, 0.15) is 0 Å². The molecule has 0 spiro atoms. The maximum atomic E-state index is 12.6. The molecule has 3 N–H and O–H groups in total. The van der Waals surface area contributed by atoms with Crippen molar-refractivity contribution >= 4 is 11.7 Å². The van der Waals surface area contributed by atoms with Gasteiger partial charge in [0, 0.05) is 12.2 Å². The Hall–Kier alpha value is -1.66. The normalized spacial score (nSPS) is 10.0. The van der Waals surface area contributed by atoms with E-state index in [1.165, 1.54) is 24.3 Å². The molecular formula is C11H15FN2O3. The van der Waals surface area contributed by atoms with E-state index in [0.29, 0.717) is 18.8 Å². The van der Waals surface area contributed by atoms with Crippen molar-refractivity contribution < 1.29 is 19.0 Å². The molecule has 94 valence electrons. The Kier molecular flexibility index (Phi) is 5.98. The molecule has 0 saturated heterocycles. The van der Waals surface area contributed by atoms with Gasteiger partial charge >= 0.3 is 6.03 Å². The first kappa shape index (κ1) is 13.4. The van der Waals surface area contributed by atoms with E-state index < -0.39 is 0 Å². The molecule has 17 heavy (non-hydrogen) atoms. The van der Waals surface area contributed by atoms with Crippen LogP contribution in [-0.4, -0.2) is 37.5 Å². The first-order valence-electron chi connectivity index (χ1n) is 5.21. The SMILES string of the molecule is O=C(NCCOCCO)Nc1ccc(F)cc1. The van der Waals surface area contributed by atoms with Crippen molar-refractivity contribution in [3.05, 3.63) is 30.1 Å². The van der Waals surface area contributed by atoms with Crippen LogP contribution in [0.2, 0.25) is 0 Å². The Morgan fingerprint density at radius 2 is 2.00 bits per heavy atom. The third-order valence-corrected chi connectivity index (χ3v) is 1.87. The summed E-state index contributed by atoms with van der Waals surface area (Å²) in [5.41, 5.74) is 0.514. The molecule has 0 atom stereocenters. The summed E-state index contributed by atoms with van der Waals surface area (Å²) in [4.78, 5) is 11.3. The molecule has 6 heteroatoms. The average molecular weight is 242 g/mol. The maximum absolute atomic E-state index is 12.6. The molecule has 0 fully saturated rings. The van der Waals surface area contributed by atoms with Crippen molar-refractivity contribution in [2.45, 2.75) is 0 Å². The van der Waals surface area contributed by atoms with E-state index in [1.54, 1.807) is 0 Å². The van der Waals surface area contributed by atoms with Gasteiger partial charge in [0.1, 0.15) is 5.82 Å². The van der Waals surface area contributed by atoms with Crippen LogP contribution < -0.4 is 10.6 Å². The Labute approximate surface area is 98.6 Å². The van der Waals surface area contributed by atoms with Gasteiger partial charge in [-0.1, -0.05) is 0 Å². The zero-order chi connectivity index (χ0) is 12.5. The number of hydrogen-bond donors (Lipinski definition) is 3. The number of urea groups is 1. The summed E-state index contributed by atoms with van der Waals surface area (Å²) >= 11 is 0. The summed E-state index contributed by atoms with van der Waals surface area (Å²) in [6, 6.07) is 5.08. The minimum Gasteiger partial charge on any atom is -0.394 e. The molecule has 0 heterocycles. The van der Waals surface area contributed by atoms with E-state index in [2.05, 4.69) is 10.6 Å². The molecule has 0 aliphatic rings. The number of nitrogens with one attached hydrogen (secondary N) is 2. The van der Waals surface area contributed by atoms with Crippen LogP contribution in [0.25, 0.3) is 0 Å². The third-order valence-electron chi connectivity index (χ3n) is 1.87. The molecule has 0 radical (unpaired) electrons. The smallest absolute Gasteiger partial charge is 0.319 e. The maximum Gasteiger partial charge on any atom is 0.319 e. The molecule has 2 amide bonds. The fraction of sp³-hybridized carbons (Fsp3) is 0.364. The Morgan fingerprint density at radius 3 is 2.65 bits per heavy atom. The second-order valence-electron chi connectivity index (χ2n) is 3.22. The zero-order valence-electron chi connectivity index (χ0n) is 9.28. The fourth-order valence-corrected chi connectivity index (χ4v) is 1.11. The minimum atomic E-state index is -0.385. The minimum absolute atomic E-state index is 0.0399. The van der Waals surface area contributed by atoms with Gasteiger partial charge < -0.3 is 20.5 Å². The van der Waals surface area contributed by atoms with E-state index in [0.717, 1.165) is 0 Å². The summed E-state index contributed by atoms with van der Waals surface area (Å²) in [6.07, 6.45) is 0. The van der Waals surface area contributed by atoms with Gasteiger partial charge in [-0.3, -0.25) is 0 Å². The van der Waals surface area contributed by atoms with Gasteiger partial charge in [0.05, 0.1) is 19.8 Å². The number of carbonyl (C=O) groups excluding carboxylic acids is 1. The van der Waals surface area contributed by atoms with E-state index in [4.69, 9.17) is 9.84 Å². The molecule has 1 aromatic carbocycles. The number of amides is 2. The Bertz CT molecular complexity index is 343. The summed E-state index contributed by atoms with van der Waals surface area (Å²) in [5, 5.41) is 13.5. The monoisotopic (exact) mass is 242 g/mol. The number of anilines is 1. The van der Waals surface area contributed by atoms with Gasteiger partial charge in [-0.25, -0.2) is 9.18 Å². The van der Waals surface area contributed by atoms with Crippen molar-refractivity contribution in [2.75, 3.05) is 31.7 Å².